The van der Waals surface area contributed by atoms with Gasteiger partial charge in [0.05, 0.1) is 19.1 Å². The van der Waals surface area contributed by atoms with Crippen LogP contribution in [0, 0.1) is 6.92 Å². The number of aryl methyl sites for hydroxylation is 1. The van der Waals surface area contributed by atoms with E-state index in [1.165, 1.54) is 12.7 Å². The van der Waals surface area contributed by atoms with Crippen LogP contribution in [-0.2, 0) is 16.0 Å². The van der Waals surface area contributed by atoms with E-state index in [0.717, 1.165) is 24.3 Å². The zero-order valence-corrected chi connectivity index (χ0v) is 15.3. The first-order valence-electron chi connectivity index (χ1n) is 8.83. The Morgan fingerprint density at radius 2 is 1.54 bits per heavy atom. The van der Waals surface area contributed by atoms with E-state index < -0.39 is 0 Å². The van der Waals surface area contributed by atoms with Crippen LogP contribution in [0.5, 0.6) is 0 Å². The van der Waals surface area contributed by atoms with Gasteiger partial charge in [-0.15, -0.1) is 0 Å². The number of nitrogens with zero attached hydrogens (tertiary/aromatic N) is 2. The molecule has 26 heavy (non-hydrogen) atoms. The van der Waals surface area contributed by atoms with Gasteiger partial charge < -0.3 is 14.5 Å². The van der Waals surface area contributed by atoms with Crippen molar-refractivity contribution in [2.24, 2.45) is 0 Å². The van der Waals surface area contributed by atoms with Crippen molar-refractivity contribution in [2.75, 3.05) is 38.2 Å². The van der Waals surface area contributed by atoms with Crippen molar-refractivity contribution >= 4 is 17.6 Å². The van der Waals surface area contributed by atoms with Gasteiger partial charge in [-0.05, 0) is 36.8 Å². The van der Waals surface area contributed by atoms with Crippen LogP contribution in [0.15, 0.2) is 48.5 Å². The summed E-state index contributed by atoms with van der Waals surface area (Å²) in [5.41, 5.74) is 3.86. The number of ether oxygens (including phenoxy) is 1. The molecule has 0 bridgehead atoms. The number of anilines is 1. The lowest BCUT2D eigenvalue weighted by Gasteiger charge is -2.36. The number of hydrogen-bond donors (Lipinski definition) is 0. The number of methoxy groups -OCH3 is 1. The molecule has 0 atom stereocenters. The Labute approximate surface area is 154 Å². The molecule has 0 saturated carbocycles. The second-order valence-electron chi connectivity index (χ2n) is 6.57. The van der Waals surface area contributed by atoms with Gasteiger partial charge in [0.15, 0.2) is 0 Å². The molecule has 1 aliphatic heterocycles. The van der Waals surface area contributed by atoms with Crippen molar-refractivity contribution in [2.45, 2.75) is 13.3 Å². The molecule has 1 amide bonds. The minimum Gasteiger partial charge on any atom is -0.465 e. The summed E-state index contributed by atoms with van der Waals surface area (Å²) in [6.07, 6.45) is 0.452. The molecule has 2 aromatic carbocycles. The van der Waals surface area contributed by atoms with Crippen LogP contribution in [-0.4, -0.2) is 50.1 Å². The third-order valence-corrected chi connectivity index (χ3v) is 4.76. The highest BCUT2D eigenvalue weighted by Gasteiger charge is 2.21. The monoisotopic (exact) mass is 352 g/mol. The average molecular weight is 352 g/mol. The van der Waals surface area contributed by atoms with E-state index in [2.05, 4.69) is 4.90 Å². The van der Waals surface area contributed by atoms with Gasteiger partial charge in [0.25, 0.3) is 0 Å². The van der Waals surface area contributed by atoms with Crippen molar-refractivity contribution in [3.8, 4) is 0 Å². The molecule has 0 N–H and O–H groups in total. The maximum atomic E-state index is 12.5. The molecular weight excluding hydrogens is 328 g/mol. The quantitative estimate of drug-likeness (QED) is 0.794. The standard InChI is InChI=1S/C21H24N2O3/c1-16-3-5-17(6-4-16)15-20(24)23-13-11-22(12-14-23)19-9-7-18(8-10-19)21(25)26-2/h3-10H,11-15H2,1-2H3. The molecule has 5 heteroatoms. The summed E-state index contributed by atoms with van der Waals surface area (Å²) in [5.74, 6) is -0.155. The fourth-order valence-electron chi connectivity index (χ4n) is 3.13. The second-order valence-corrected chi connectivity index (χ2v) is 6.57. The Hall–Kier alpha value is -2.82. The summed E-state index contributed by atoms with van der Waals surface area (Å²) in [4.78, 5) is 28.2. The number of benzene rings is 2. The molecule has 1 heterocycles. The van der Waals surface area contributed by atoms with E-state index in [-0.39, 0.29) is 11.9 Å². The van der Waals surface area contributed by atoms with Crippen LogP contribution >= 0.6 is 0 Å². The maximum Gasteiger partial charge on any atom is 0.337 e. The van der Waals surface area contributed by atoms with Gasteiger partial charge in [0, 0.05) is 31.9 Å². The van der Waals surface area contributed by atoms with E-state index in [0.29, 0.717) is 25.1 Å². The number of carbonyl (C=O) groups excluding carboxylic acids is 2. The van der Waals surface area contributed by atoms with Crippen LogP contribution < -0.4 is 4.90 Å². The largest absolute Gasteiger partial charge is 0.465 e. The van der Waals surface area contributed by atoms with Crippen molar-refractivity contribution in [3.05, 3.63) is 65.2 Å². The molecule has 3 rings (SSSR count). The van der Waals surface area contributed by atoms with E-state index in [1.54, 1.807) is 12.1 Å². The zero-order valence-electron chi connectivity index (χ0n) is 15.3. The molecule has 5 nitrogen and oxygen atoms in total. The highest BCUT2D eigenvalue weighted by molar-refractivity contribution is 5.89. The fourth-order valence-corrected chi connectivity index (χ4v) is 3.13. The minimum atomic E-state index is -0.330. The molecule has 0 spiro atoms. The normalized spacial score (nSPS) is 14.2. The van der Waals surface area contributed by atoms with Gasteiger partial charge in [0.1, 0.15) is 0 Å². The van der Waals surface area contributed by atoms with Crippen LogP contribution in [0.3, 0.4) is 0 Å². The Bertz CT molecular complexity index is 761. The topological polar surface area (TPSA) is 49.9 Å². The fraction of sp³-hybridized carbons (Fsp3) is 0.333. The summed E-state index contributed by atoms with van der Waals surface area (Å²) in [6, 6.07) is 15.5. The lowest BCUT2D eigenvalue weighted by Crippen LogP contribution is -2.49. The Morgan fingerprint density at radius 1 is 0.923 bits per heavy atom. The number of carbonyl (C=O) groups is 2. The highest BCUT2D eigenvalue weighted by Crippen LogP contribution is 2.18. The first-order chi connectivity index (χ1) is 12.6. The molecule has 1 aliphatic rings. The third-order valence-electron chi connectivity index (χ3n) is 4.76. The van der Waals surface area contributed by atoms with Crippen molar-refractivity contribution in [1.82, 2.24) is 4.90 Å². The van der Waals surface area contributed by atoms with Gasteiger partial charge >= 0.3 is 5.97 Å². The summed E-state index contributed by atoms with van der Waals surface area (Å²) < 4.78 is 4.72. The molecule has 0 aliphatic carbocycles. The van der Waals surface area contributed by atoms with Gasteiger partial charge in [-0.25, -0.2) is 4.79 Å². The Kier molecular flexibility index (Phi) is 5.56. The summed E-state index contributed by atoms with van der Waals surface area (Å²) >= 11 is 0. The van der Waals surface area contributed by atoms with Crippen LogP contribution in [0.4, 0.5) is 5.69 Å². The van der Waals surface area contributed by atoms with E-state index in [4.69, 9.17) is 4.74 Å². The zero-order chi connectivity index (χ0) is 18.5. The average Bonchev–Trinajstić information content (AvgIpc) is 2.69. The van der Waals surface area contributed by atoms with E-state index >= 15 is 0 Å². The first kappa shape index (κ1) is 18.0. The maximum absolute atomic E-state index is 12.5. The molecule has 0 aromatic heterocycles. The lowest BCUT2D eigenvalue weighted by molar-refractivity contribution is -0.130. The summed E-state index contributed by atoms with van der Waals surface area (Å²) in [7, 11) is 1.38. The molecule has 0 radical (unpaired) electrons. The van der Waals surface area contributed by atoms with Crippen molar-refractivity contribution in [3.63, 3.8) is 0 Å². The van der Waals surface area contributed by atoms with Crippen LogP contribution in [0.25, 0.3) is 0 Å². The summed E-state index contributed by atoms with van der Waals surface area (Å²) in [6.45, 7) is 5.05. The minimum absolute atomic E-state index is 0.176. The molecule has 1 fully saturated rings. The SMILES string of the molecule is COC(=O)c1ccc(N2CCN(C(=O)Cc3ccc(C)cc3)CC2)cc1. The Balaban J connectivity index is 1.54. The van der Waals surface area contributed by atoms with Gasteiger partial charge in [0.2, 0.25) is 5.91 Å². The Morgan fingerprint density at radius 3 is 2.12 bits per heavy atom. The van der Waals surface area contributed by atoms with Gasteiger partial charge in [-0.1, -0.05) is 29.8 Å². The molecule has 136 valence electrons. The smallest absolute Gasteiger partial charge is 0.337 e. The van der Waals surface area contributed by atoms with Gasteiger partial charge in [-0.3, -0.25) is 4.79 Å². The van der Waals surface area contributed by atoms with Gasteiger partial charge in [-0.2, -0.15) is 0 Å². The van der Waals surface area contributed by atoms with E-state index in [9.17, 15) is 9.59 Å². The lowest BCUT2D eigenvalue weighted by atomic mass is 10.1. The number of piperazine rings is 1. The highest BCUT2D eigenvalue weighted by atomic mass is 16.5. The summed E-state index contributed by atoms with van der Waals surface area (Å²) in [5, 5.41) is 0. The van der Waals surface area contributed by atoms with Crippen LogP contribution in [0.2, 0.25) is 0 Å². The predicted octanol–water partition coefficient (Wildman–Crippen LogP) is 2.67. The molecule has 1 saturated heterocycles. The number of esters is 1. The van der Waals surface area contributed by atoms with Crippen molar-refractivity contribution in [1.29, 1.82) is 0 Å². The van der Waals surface area contributed by atoms with Crippen LogP contribution in [0.1, 0.15) is 21.5 Å². The molecule has 2 aromatic rings. The predicted molar refractivity (Wildman–Crippen MR) is 101 cm³/mol. The third kappa shape index (κ3) is 4.23. The molecule has 0 unspecified atom stereocenters. The number of amides is 1. The number of rotatable bonds is 4. The second kappa shape index (κ2) is 8.04. The van der Waals surface area contributed by atoms with Crippen molar-refractivity contribution < 1.29 is 14.3 Å². The first-order valence-corrected chi connectivity index (χ1v) is 8.83. The van der Waals surface area contributed by atoms with E-state index in [1.807, 2.05) is 48.2 Å². The molecular formula is C21H24N2O3. The number of hydrogen-bond acceptors (Lipinski definition) is 4.